The molecule has 0 aliphatic carbocycles. The fraction of sp³-hybridized carbons (Fsp3) is 0.261. The molecule has 0 aliphatic rings. The van der Waals surface area contributed by atoms with E-state index in [2.05, 4.69) is 0 Å². The molecule has 0 atom stereocenters. The quantitative estimate of drug-likeness (QED) is 0.0285. The predicted molar refractivity (Wildman–Crippen MR) is 449 cm³/mol. The van der Waals surface area contributed by atoms with Gasteiger partial charge in [-0.1, -0.05) is 35.9 Å². The molecule has 0 radical (unpaired) electrons. The molecular weight excluding hydrogens is 1590 g/mol. The summed E-state index contributed by atoms with van der Waals surface area (Å²) in [5, 5.41) is 39.9. The van der Waals surface area contributed by atoms with Crippen molar-refractivity contribution < 1.29 is 94.8 Å². The Hall–Kier alpha value is -13.0. The molecule has 0 spiro atoms. The number of para-hydroxylation sites is 1. The van der Waals surface area contributed by atoms with Crippen molar-refractivity contribution >= 4 is 11.6 Å². The molecule has 0 fully saturated rings. The van der Waals surface area contributed by atoms with Gasteiger partial charge >= 0.3 is 0 Å². The molecule has 0 amide bonds. The van der Waals surface area contributed by atoms with Gasteiger partial charge < -0.3 is 77.3 Å². The summed E-state index contributed by atoms with van der Waals surface area (Å²) in [5.74, 6) is 2.35. The molecule has 638 valence electrons. The van der Waals surface area contributed by atoms with Crippen molar-refractivity contribution in [2.75, 3.05) is 54.9 Å². The van der Waals surface area contributed by atoms with Crippen LogP contribution in [0.25, 0.3) is 22.7 Å². The van der Waals surface area contributed by atoms with Gasteiger partial charge in [0.2, 0.25) is 0 Å². The maximum Gasteiger partial charge on any atom is 0.255 e. The van der Waals surface area contributed by atoms with Crippen LogP contribution >= 0.6 is 11.6 Å². The highest BCUT2D eigenvalue weighted by atomic mass is 35.5. The first-order valence-electron chi connectivity index (χ1n) is 37.7. The summed E-state index contributed by atoms with van der Waals surface area (Å²) in [7, 11) is 6.01. The molecule has 24 nitrogen and oxygen atoms in total. The van der Waals surface area contributed by atoms with Gasteiger partial charge in [-0.2, -0.15) is 0 Å². The van der Waals surface area contributed by atoms with E-state index < -0.39 is 39.9 Å². The van der Waals surface area contributed by atoms with E-state index in [-0.39, 0.29) is 92.4 Å². The number of halogens is 5. The van der Waals surface area contributed by atoms with Gasteiger partial charge in [-0.05, 0) is 205 Å². The zero-order valence-electron chi connectivity index (χ0n) is 68.7. The van der Waals surface area contributed by atoms with Crippen LogP contribution in [-0.4, -0.2) is 116 Å². The van der Waals surface area contributed by atoms with Crippen LogP contribution < -0.4 is 79.1 Å². The fourth-order valence-electron chi connectivity index (χ4n) is 10.9. The minimum absolute atomic E-state index is 0.0499. The van der Waals surface area contributed by atoms with Crippen molar-refractivity contribution in [1.29, 1.82) is 0 Å². The SMILES string of the molecule is COc1cc(-n2ccc(COc3ccc(F)cc3F)cc2=O)ccc1OCC(C)(C)O.COc1cc(-n2ccc(COc3cccc(Cl)c3)cc2=O)ccc1OCC(C)(C)O.COc1cc(-n2ccc(COc3cccc(F)c3)cc2=O)ccc1OCC(C)(C)O.COc1cc(-n2ccc(COc3ccccc3F)cc2=O)ccc1OCC(C)(C)O. The summed E-state index contributed by atoms with van der Waals surface area (Å²) < 4.78 is 125. The lowest BCUT2D eigenvalue weighted by atomic mass is 10.2. The van der Waals surface area contributed by atoms with E-state index in [0.29, 0.717) is 102 Å². The van der Waals surface area contributed by atoms with E-state index in [1.165, 1.54) is 101 Å². The van der Waals surface area contributed by atoms with Crippen molar-refractivity contribution in [2.24, 2.45) is 0 Å². The highest BCUT2D eigenvalue weighted by Crippen LogP contribution is 2.35. The fourth-order valence-corrected chi connectivity index (χ4v) is 11.1. The molecule has 0 saturated carbocycles. The largest absolute Gasteiger partial charge is 0.493 e. The standard InChI is InChI=1S/C23H24ClNO5.C23H23F2NO5.2C23H24FNO5/c1-23(2,27)15-30-20-8-7-18(13-21(20)28-3)25-10-9-16(11-22(25)26)14-29-19-6-4-5-17(24)12-19;1-23(2,28)14-31-20-7-5-17(12-21(20)29-3)26-9-8-15(10-22(26)27)13-30-19-6-4-16(24)11-18(19)25;1-23(2,27)15-30-20-8-7-18(13-21(20)28-3)25-10-9-16(11-22(25)26)14-29-19-6-4-5-17(24)12-19;1-23(2,27)15-30-20-9-8-17(13-21(20)28-3)25-11-10-16(12-22(25)26)14-29-19-7-5-4-6-18(19)24/h4-13,27H,14-15H2,1-3H3;4-12,28H,13-14H2,1-3H3;2*4-13,27H,14-15H2,1-3H3. The number of hydrogen-bond acceptors (Lipinski definition) is 20. The lowest BCUT2D eigenvalue weighted by Gasteiger charge is -2.19. The van der Waals surface area contributed by atoms with Crippen molar-refractivity contribution in [3.63, 3.8) is 0 Å². The van der Waals surface area contributed by atoms with Crippen LogP contribution in [0.5, 0.6) is 69.0 Å². The van der Waals surface area contributed by atoms with Gasteiger partial charge in [-0.15, -0.1) is 0 Å². The number of ether oxygens (including phenoxy) is 12. The van der Waals surface area contributed by atoms with Gasteiger partial charge in [0.25, 0.3) is 22.2 Å². The summed E-state index contributed by atoms with van der Waals surface area (Å²) >= 11 is 5.95. The molecule has 4 heterocycles. The highest BCUT2D eigenvalue weighted by molar-refractivity contribution is 6.30. The Kier molecular flexibility index (Phi) is 32.0. The van der Waals surface area contributed by atoms with Crippen LogP contribution in [0.4, 0.5) is 17.6 Å². The maximum absolute atomic E-state index is 13.7. The Morgan fingerprint density at radius 1 is 0.289 bits per heavy atom. The molecule has 0 aliphatic heterocycles. The minimum atomic E-state index is -1.00. The van der Waals surface area contributed by atoms with Gasteiger partial charge in [0.05, 0.1) is 73.6 Å². The average molecular weight is 1690 g/mol. The van der Waals surface area contributed by atoms with Crippen molar-refractivity contribution in [3.8, 4) is 91.7 Å². The van der Waals surface area contributed by atoms with Gasteiger partial charge in [-0.3, -0.25) is 37.4 Å². The predicted octanol–water partition coefficient (Wildman–Crippen LogP) is 15.5. The number of pyridine rings is 4. The zero-order chi connectivity index (χ0) is 87.8. The van der Waals surface area contributed by atoms with Gasteiger partial charge in [0.1, 0.15) is 76.0 Å². The molecule has 0 unspecified atom stereocenters. The Bertz CT molecular complexity index is 5560. The number of nitrogens with zero attached hydrogens (tertiary/aromatic N) is 4. The monoisotopic (exact) mass is 1690 g/mol. The molecule has 12 rings (SSSR count). The second kappa shape index (κ2) is 42.1. The summed E-state index contributed by atoms with van der Waals surface area (Å²) in [6.07, 6.45) is 6.51. The number of aromatic nitrogens is 4. The van der Waals surface area contributed by atoms with Crippen molar-refractivity contribution in [1.82, 2.24) is 18.3 Å². The third-order valence-electron chi connectivity index (χ3n) is 16.9. The molecule has 0 bridgehead atoms. The second-order valence-electron chi connectivity index (χ2n) is 29.8. The Morgan fingerprint density at radius 2 is 0.587 bits per heavy atom. The first-order chi connectivity index (χ1) is 57.4. The van der Waals surface area contributed by atoms with E-state index in [4.69, 9.17) is 68.4 Å². The van der Waals surface area contributed by atoms with E-state index in [1.807, 2.05) is 6.07 Å². The highest BCUT2D eigenvalue weighted by Gasteiger charge is 2.22. The number of hydrogen-bond donors (Lipinski definition) is 4. The van der Waals surface area contributed by atoms with Gasteiger partial charge in [0.15, 0.2) is 69.1 Å². The molecule has 4 N–H and O–H groups in total. The van der Waals surface area contributed by atoms with Crippen LogP contribution in [-0.2, 0) is 26.4 Å². The second-order valence-corrected chi connectivity index (χ2v) is 30.2. The lowest BCUT2D eigenvalue weighted by Crippen LogP contribution is -2.28. The van der Waals surface area contributed by atoms with Crippen LogP contribution in [0.3, 0.4) is 0 Å². The molecular formula is C92H95ClF4N4O20. The first-order valence-corrected chi connectivity index (χ1v) is 38.0. The average Bonchev–Trinajstić information content (AvgIpc) is 0.824. The number of benzene rings is 8. The summed E-state index contributed by atoms with van der Waals surface area (Å²) in [5.41, 5.74) is -0.0425. The van der Waals surface area contributed by atoms with Crippen molar-refractivity contribution in [2.45, 2.75) is 104 Å². The van der Waals surface area contributed by atoms with Crippen LogP contribution in [0.2, 0.25) is 5.02 Å². The Balaban J connectivity index is 0.000000183. The molecule has 12 aromatic rings. The summed E-state index contributed by atoms with van der Waals surface area (Å²) in [6, 6.07) is 55.2. The van der Waals surface area contributed by atoms with Crippen molar-refractivity contribution in [3.05, 3.63) is 329 Å². The lowest BCUT2D eigenvalue weighted by molar-refractivity contribution is 0.0273. The van der Waals surface area contributed by atoms with Gasteiger partial charge in [0, 0.05) is 90.5 Å². The number of aliphatic hydroxyl groups is 4. The van der Waals surface area contributed by atoms with Crippen LogP contribution in [0.1, 0.15) is 77.6 Å². The molecule has 121 heavy (non-hydrogen) atoms. The van der Waals surface area contributed by atoms with E-state index >= 15 is 0 Å². The molecule has 8 aromatic carbocycles. The zero-order valence-corrected chi connectivity index (χ0v) is 69.4. The Morgan fingerprint density at radius 3 is 0.884 bits per heavy atom. The van der Waals surface area contributed by atoms with E-state index in [0.717, 1.165) is 17.7 Å². The third kappa shape index (κ3) is 28.6. The Labute approximate surface area is 701 Å². The molecule has 4 aromatic heterocycles. The molecule has 29 heteroatoms. The minimum Gasteiger partial charge on any atom is -0.493 e. The van der Waals surface area contributed by atoms with E-state index in [1.54, 1.807) is 220 Å². The molecule has 0 saturated heterocycles. The number of rotatable bonds is 32. The maximum atomic E-state index is 13.7. The number of methoxy groups -OCH3 is 4. The van der Waals surface area contributed by atoms with Crippen LogP contribution in [0, 0.1) is 23.3 Å². The van der Waals surface area contributed by atoms with E-state index in [9.17, 15) is 57.2 Å². The van der Waals surface area contributed by atoms with Crippen LogP contribution in [0.15, 0.2) is 256 Å². The smallest absolute Gasteiger partial charge is 0.255 e. The first kappa shape index (κ1) is 91.9. The topological polar surface area (TPSA) is 280 Å². The normalized spacial score (nSPS) is 11.2. The third-order valence-corrected chi connectivity index (χ3v) is 17.1. The van der Waals surface area contributed by atoms with Gasteiger partial charge in [-0.25, -0.2) is 17.6 Å². The summed E-state index contributed by atoms with van der Waals surface area (Å²) in [4.78, 5) is 50.4. The summed E-state index contributed by atoms with van der Waals surface area (Å²) in [6.45, 7) is 14.0.